The summed E-state index contributed by atoms with van der Waals surface area (Å²) in [4.78, 5) is 24.5. The van der Waals surface area contributed by atoms with E-state index >= 15 is 0 Å². The van der Waals surface area contributed by atoms with Gasteiger partial charge >= 0.3 is 0 Å². The van der Waals surface area contributed by atoms with Gasteiger partial charge in [0.05, 0.1) is 6.54 Å². The molecular formula is C21H20FN3O3. The van der Waals surface area contributed by atoms with Crippen molar-refractivity contribution in [2.45, 2.75) is 13.3 Å². The Morgan fingerprint density at radius 2 is 1.75 bits per heavy atom. The highest BCUT2D eigenvalue weighted by atomic mass is 19.1. The van der Waals surface area contributed by atoms with Crippen LogP contribution in [0.5, 0.6) is 0 Å². The first-order valence-corrected chi connectivity index (χ1v) is 8.85. The molecule has 144 valence electrons. The molecule has 0 radical (unpaired) electrons. The zero-order chi connectivity index (χ0) is 19.9. The number of aryl methyl sites for hydroxylation is 1. The van der Waals surface area contributed by atoms with E-state index in [-0.39, 0.29) is 23.8 Å². The fourth-order valence-corrected chi connectivity index (χ4v) is 2.75. The number of carbonyl (C=O) groups is 2. The zero-order valence-electron chi connectivity index (χ0n) is 15.4. The molecule has 0 fully saturated rings. The van der Waals surface area contributed by atoms with Gasteiger partial charge in [-0.05, 0) is 43.2 Å². The number of amides is 2. The van der Waals surface area contributed by atoms with Gasteiger partial charge in [0.25, 0.3) is 5.91 Å². The van der Waals surface area contributed by atoms with Gasteiger partial charge in [-0.15, -0.1) is 0 Å². The van der Waals surface area contributed by atoms with Gasteiger partial charge in [-0.2, -0.15) is 0 Å². The highest BCUT2D eigenvalue weighted by Gasteiger charge is 2.22. The number of aromatic nitrogens is 1. The average Bonchev–Trinajstić information content (AvgIpc) is 3.09. The maximum Gasteiger partial charge on any atom is 0.257 e. The molecule has 2 N–H and O–H groups in total. The summed E-state index contributed by atoms with van der Waals surface area (Å²) in [7, 11) is 0. The normalized spacial score (nSPS) is 10.5. The molecule has 6 nitrogen and oxygen atoms in total. The largest absolute Gasteiger partial charge is 0.360 e. The Morgan fingerprint density at radius 3 is 2.46 bits per heavy atom. The highest BCUT2D eigenvalue weighted by molar-refractivity contribution is 6.02. The fourth-order valence-electron chi connectivity index (χ4n) is 2.75. The molecule has 0 saturated heterocycles. The summed E-state index contributed by atoms with van der Waals surface area (Å²) in [5.41, 5.74) is 2.20. The molecule has 1 aromatic heterocycles. The van der Waals surface area contributed by atoms with Gasteiger partial charge in [-0.1, -0.05) is 35.5 Å². The van der Waals surface area contributed by atoms with Crippen molar-refractivity contribution in [2.75, 3.05) is 13.1 Å². The van der Waals surface area contributed by atoms with Crippen molar-refractivity contribution in [3.8, 4) is 11.3 Å². The summed E-state index contributed by atoms with van der Waals surface area (Å²) in [5.74, 6) is -0.832. The molecule has 0 aliphatic carbocycles. The Balaban J connectivity index is 1.55. The molecule has 0 bridgehead atoms. The van der Waals surface area contributed by atoms with E-state index in [2.05, 4.69) is 15.8 Å². The first kappa shape index (κ1) is 19.3. The molecule has 0 unspecified atom stereocenters. The number of hydrogen-bond donors (Lipinski definition) is 2. The van der Waals surface area contributed by atoms with E-state index < -0.39 is 5.91 Å². The van der Waals surface area contributed by atoms with Crippen LogP contribution >= 0.6 is 0 Å². The summed E-state index contributed by atoms with van der Waals surface area (Å²) in [6, 6.07) is 15.4. The quantitative estimate of drug-likeness (QED) is 0.659. The molecule has 0 spiro atoms. The van der Waals surface area contributed by atoms with Crippen LogP contribution in [0, 0.1) is 12.7 Å². The van der Waals surface area contributed by atoms with Crippen molar-refractivity contribution in [1.29, 1.82) is 0 Å². The lowest BCUT2D eigenvalue weighted by Gasteiger charge is -2.07. The molecule has 2 aromatic carbocycles. The van der Waals surface area contributed by atoms with E-state index in [9.17, 15) is 14.0 Å². The molecule has 3 rings (SSSR count). The van der Waals surface area contributed by atoms with Crippen LogP contribution in [0.4, 0.5) is 4.39 Å². The lowest BCUT2D eigenvalue weighted by atomic mass is 10.1. The molecular weight excluding hydrogens is 361 g/mol. The maximum atomic E-state index is 13.1. The smallest absolute Gasteiger partial charge is 0.257 e. The van der Waals surface area contributed by atoms with E-state index in [1.165, 1.54) is 24.3 Å². The summed E-state index contributed by atoms with van der Waals surface area (Å²) in [5, 5.41) is 9.22. The van der Waals surface area contributed by atoms with E-state index in [0.717, 1.165) is 5.56 Å². The Hall–Kier alpha value is -3.48. The van der Waals surface area contributed by atoms with Crippen LogP contribution in [-0.4, -0.2) is 30.1 Å². The Bertz CT molecular complexity index is 953. The second kappa shape index (κ2) is 8.94. The van der Waals surface area contributed by atoms with Crippen molar-refractivity contribution < 1.29 is 18.5 Å². The topological polar surface area (TPSA) is 84.2 Å². The summed E-state index contributed by atoms with van der Waals surface area (Å²) >= 11 is 0. The van der Waals surface area contributed by atoms with Crippen LogP contribution in [0.1, 0.15) is 21.7 Å². The van der Waals surface area contributed by atoms with E-state index in [1.54, 1.807) is 6.92 Å². The number of benzene rings is 2. The Kier molecular flexibility index (Phi) is 6.16. The molecule has 0 aliphatic rings. The minimum absolute atomic E-state index is 0.166. The number of nitrogens with zero attached hydrogens (tertiary/aromatic N) is 1. The van der Waals surface area contributed by atoms with Crippen LogP contribution in [0.3, 0.4) is 0 Å². The number of halogens is 1. The lowest BCUT2D eigenvalue weighted by molar-refractivity contribution is -0.120. The van der Waals surface area contributed by atoms with Crippen LogP contribution in [-0.2, 0) is 11.2 Å². The molecule has 7 heteroatoms. The molecule has 0 atom stereocenters. The average molecular weight is 381 g/mol. The maximum absolute atomic E-state index is 13.1. The number of carbonyl (C=O) groups excluding carboxylic acids is 2. The first-order chi connectivity index (χ1) is 13.5. The standard InChI is InChI=1S/C21H20FN3O3/c1-14-19(20(25-28-14)16-7-9-17(22)10-8-16)21(27)24-13-18(26)23-12-11-15-5-3-2-4-6-15/h2-10H,11-13H2,1H3,(H,23,26)(H,24,27). The predicted octanol–water partition coefficient (Wildman–Crippen LogP) is 2.88. The van der Waals surface area contributed by atoms with Crippen molar-refractivity contribution >= 4 is 11.8 Å². The molecule has 2 amide bonds. The molecule has 0 saturated carbocycles. The van der Waals surface area contributed by atoms with Gasteiger partial charge in [0.2, 0.25) is 5.91 Å². The van der Waals surface area contributed by atoms with Gasteiger partial charge in [0, 0.05) is 12.1 Å². The first-order valence-electron chi connectivity index (χ1n) is 8.85. The predicted molar refractivity (Wildman–Crippen MR) is 102 cm³/mol. The molecule has 1 heterocycles. The number of rotatable bonds is 7. The third-order valence-electron chi connectivity index (χ3n) is 4.20. The van der Waals surface area contributed by atoms with Crippen molar-refractivity contribution in [3.05, 3.63) is 77.3 Å². The van der Waals surface area contributed by atoms with E-state index in [1.807, 2.05) is 30.3 Å². The lowest BCUT2D eigenvalue weighted by Crippen LogP contribution is -2.37. The monoisotopic (exact) mass is 381 g/mol. The second-order valence-corrected chi connectivity index (χ2v) is 6.24. The summed E-state index contributed by atoms with van der Waals surface area (Å²) in [6.45, 7) is 1.92. The highest BCUT2D eigenvalue weighted by Crippen LogP contribution is 2.25. The van der Waals surface area contributed by atoms with Crippen molar-refractivity contribution in [1.82, 2.24) is 15.8 Å². The van der Waals surface area contributed by atoms with Crippen molar-refractivity contribution in [2.24, 2.45) is 0 Å². The molecule has 28 heavy (non-hydrogen) atoms. The summed E-state index contributed by atoms with van der Waals surface area (Å²) < 4.78 is 18.2. The molecule has 3 aromatic rings. The Labute approximate surface area is 161 Å². The number of hydrogen-bond acceptors (Lipinski definition) is 4. The minimum atomic E-state index is -0.476. The van der Waals surface area contributed by atoms with Crippen molar-refractivity contribution in [3.63, 3.8) is 0 Å². The zero-order valence-corrected chi connectivity index (χ0v) is 15.4. The second-order valence-electron chi connectivity index (χ2n) is 6.24. The van der Waals surface area contributed by atoms with Gasteiger partial charge in [-0.25, -0.2) is 4.39 Å². The third kappa shape index (κ3) is 4.82. The van der Waals surface area contributed by atoms with E-state index in [4.69, 9.17) is 4.52 Å². The van der Waals surface area contributed by atoms with E-state index in [0.29, 0.717) is 30.0 Å². The molecule has 0 aliphatic heterocycles. The minimum Gasteiger partial charge on any atom is -0.360 e. The van der Waals surface area contributed by atoms with Gasteiger partial charge in [0.15, 0.2) is 0 Å². The van der Waals surface area contributed by atoms with Crippen LogP contribution in [0.2, 0.25) is 0 Å². The third-order valence-corrected chi connectivity index (χ3v) is 4.20. The van der Waals surface area contributed by atoms with Crippen LogP contribution in [0.25, 0.3) is 11.3 Å². The number of nitrogens with one attached hydrogen (secondary N) is 2. The Morgan fingerprint density at radius 1 is 1.04 bits per heavy atom. The SMILES string of the molecule is Cc1onc(-c2ccc(F)cc2)c1C(=O)NCC(=O)NCCc1ccccc1. The van der Waals surface area contributed by atoms with Gasteiger partial charge in [-0.3, -0.25) is 9.59 Å². The summed E-state index contributed by atoms with van der Waals surface area (Å²) in [6.07, 6.45) is 0.708. The van der Waals surface area contributed by atoms with Gasteiger partial charge < -0.3 is 15.2 Å². The van der Waals surface area contributed by atoms with Crippen LogP contribution in [0.15, 0.2) is 59.1 Å². The fraction of sp³-hybridized carbons (Fsp3) is 0.190. The van der Waals surface area contributed by atoms with Gasteiger partial charge in [0.1, 0.15) is 22.8 Å². The van der Waals surface area contributed by atoms with Crippen LogP contribution < -0.4 is 10.6 Å².